The first kappa shape index (κ1) is 29.5. The van der Waals surface area contributed by atoms with Crippen LogP contribution in [0.5, 0.6) is 0 Å². The van der Waals surface area contributed by atoms with Crippen molar-refractivity contribution in [1.29, 1.82) is 0 Å². The van der Waals surface area contributed by atoms with Crippen molar-refractivity contribution >= 4 is 32.7 Å². The molecule has 5 rings (SSSR count). The normalized spacial score (nSPS) is 15.4. The van der Waals surface area contributed by atoms with Crippen molar-refractivity contribution in [1.82, 2.24) is 9.21 Å². The largest absolute Gasteiger partial charge is 0.474 e. The van der Waals surface area contributed by atoms with E-state index in [-0.39, 0.29) is 24.9 Å². The molecule has 1 amide bonds. The summed E-state index contributed by atoms with van der Waals surface area (Å²) in [4.78, 5) is 26.2. The lowest BCUT2D eigenvalue weighted by Crippen LogP contribution is -2.44. The van der Waals surface area contributed by atoms with Crippen molar-refractivity contribution in [2.24, 2.45) is 5.92 Å². The van der Waals surface area contributed by atoms with E-state index in [0.29, 0.717) is 32.4 Å². The van der Waals surface area contributed by atoms with Crippen LogP contribution in [0.1, 0.15) is 29.9 Å². The highest BCUT2D eigenvalue weighted by molar-refractivity contribution is 7.88. The van der Waals surface area contributed by atoms with Crippen molar-refractivity contribution in [2.75, 3.05) is 32.4 Å². The molecular weight excluding hydrogens is 548 g/mol. The van der Waals surface area contributed by atoms with Gasteiger partial charge in [0.15, 0.2) is 0 Å². The lowest BCUT2D eigenvalue weighted by Gasteiger charge is -2.37. The first-order valence-electron chi connectivity index (χ1n) is 14.3. The van der Waals surface area contributed by atoms with E-state index in [1.807, 2.05) is 48.5 Å². The minimum absolute atomic E-state index is 0.0900. The summed E-state index contributed by atoms with van der Waals surface area (Å²) in [6, 6.07) is 32.5. The molecule has 0 spiro atoms. The molecule has 218 valence electrons. The summed E-state index contributed by atoms with van der Waals surface area (Å²) in [7, 11) is -3.29. The topological polar surface area (TPSA) is 95.0 Å². The molecule has 1 fully saturated rings. The average Bonchev–Trinajstić information content (AvgIpc) is 3.01. The molecule has 1 unspecified atom stereocenters. The van der Waals surface area contributed by atoms with Crippen molar-refractivity contribution in [3.63, 3.8) is 0 Å². The molecule has 0 radical (unpaired) electrons. The van der Waals surface area contributed by atoms with Gasteiger partial charge in [-0.25, -0.2) is 17.5 Å². The number of fused-ring (bicyclic) bond motifs is 1. The summed E-state index contributed by atoms with van der Waals surface area (Å²) < 4.78 is 25.8. The Labute approximate surface area is 247 Å². The summed E-state index contributed by atoms with van der Waals surface area (Å²) in [6.07, 6.45) is 3.04. The molecule has 0 bridgehead atoms. The molecule has 1 saturated heterocycles. The van der Waals surface area contributed by atoms with Crippen LogP contribution in [0.4, 0.5) is 0 Å². The summed E-state index contributed by atoms with van der Waals surface area (Å²) in [5.74, 6) is -2.45. The van der Waals surface area contributed by atoms with E-state index in [1.165, 1.54) is 15.5 Å². The van der Waals surface area contributed by atoms with Crippen LogP contribution < -0.4 is 0 Å². The van der Waals surface area contributed by atoms with Crippen molar-refractivity contribution in [2.45, 2.75) is 25.2 Å². The van der Waals surface area contributed by atoms with Gasteiger partial charge in [-0.3, -0.25) is 4.79 Å². The fourth-order valence-electron chi connectivity index (χ4n) is 6.08. The molecule has 7 nitrogen and oxygen atoms in total. The van der Waals surface area contributed by atoms with Crippen LogP contribution >= 0.6 is 0 Å². The Kier molecular flexibility index (Phi) is 9.04. The molecule has 0 aromatic heterocycles. The minimum atomic E-state index is -3.29. The van der Waals surface area contributed by atoms with Crippen LogP contribution in [-0.2, 0) is 26.0 Å². The fourth-order valence-corrected chi connectivity index (χ4v) is 6.95. The molecule has 4 aromatic carbocycles. The van der Waals surface area contributed by atoms with E-state index < -0.39 is 21.9 Å². The summed E-state index contributed by atoms with van der Waals surface area (Å²) in [5, 5.41) is 12.0. The average molecular weight is 585 g/mol. The third-order valence-corrected chi connectivity index (χ3v) is 9.68. The molecule has 42 heavy (non-hydrogen) atoms. The molecule has 8 heteroatoms. The number of carboxylic acids is 1. The van der Waals surface area contributed by atoms with Gasteiger partial charge in [-0.1, -0.05) is 97.1 Å². The van der Waals surface area contributed by atoms with Crippen molar-refractivity contribution in [3.8, 4) is 11.1 Å². The quantitative estimate of drug-likeness (QED) is 0.265. The fraction of sp³-hybridized carbons (Fsp3) is 0.294. The Balaban J connectivity index is 1.45. The van der Waals surface area contributed by atoms with Crippen LogP contribution in [0.3, 0.4) is 0 Å². The van der Waals surface area contributed by atoms with Gasteiger partial charge in [0.2, 0.25) is 10.0 Å². The highest BCUT2D eigenvalue weighted by Gasteiger charge is 2.34. The number of carbonyl (C=O) groups is 2. The zero-order valence-electron chi connectivity index (χ0n) is 23.7. The van der Waals surface area contributed by atoms with Crippen LogP contribution in [0.25, 0.3) is 21.9 Å². The van der Waals surface area contributed by atoms with Gasteiger partial charge < -0.3 is 10.0 Å². The van der Waals surface area contributed by atoms with Gasteiger partial charge in [-0.15, -0.1) is 0 Å². The number of sulfonamides is 1. The molecule has 1 atom stereocenters. The van der Waals surface area contributed by atoms with Crippen molar-refractivity contribution in [3.05, 3.63) is 108 Å². The molecular formula is C34H36N2O5S. The maximum Gasteiger partial charge on any atom is 0.394 e. The number of amides is 1. The molecule has 4 aromatic rings. The van der Waals surface area contributed by atoms with E-state index in [2.05, 4.69) is 48.5 Å². The van der Waals surface area contributed by atoms with Crippen LogP contribution in [0, 0.1) is 5.92 Å². The highest BCUT2D eigenvalue weighted by atomic mass is 32.2. The number of nitrogens with zero attached hydrogens (tertiary/aromatic N) is 2. The number of piperidine rings is 1. The van der Waals surface area contributed by atoms with E-state index in [4.69, 9.17) is 0 Å². The summed E-state index contributed by atoms with van der Waals surface area (Å²) >= 11 is 0. The van der Waals surface area contributed by atoms with Gasteiger partial charge in [0.25, 0.3) is 0 Å². The Hall–Kier alpha value is -4.01. The Bertz CT molecular complexity index is 1640. The van der Waals surface area contributed by atoms with Gasteiger partial charge in [0.1, 0.15) is 0 Å². The predicted octanol–water partition coefficient (Wildman–Crippen LogP) is 5.42. The summed E-state index contributed by atoms with van der Waals surface area (Å²) in [5.41, 5.74) is 4.24. The van der Waals surface area contributed by atoms with Gasteiger partial charge in [0.05, 0.1) is 6.26 Å². The third-order valence-electron chi connectivity index (χ3n) is 8.38. The molecule has 1 aliphatic rings. The summed E-state index contributed by atoms with van der Waals surface area (Å²) in [6.45, 7) is 1.34. The number of benzene rings is 4. The first-order valence-corrected chi connectivity index (χ1v) is 16.1. The molecule has 1 N–H and O–H groups in total. The SMILES string of the molecule is CS(=O)(=O)N1CCC(C(CN(CCc2ccccc2)C(=O)C(=O)O)c2ccc(-c3cccc4ccccc34)cc2)CC1. The Morgan fingerprint density at radius 1 is 0.881 bits per heavy atom. The number of rotatable bonds is 9. The van der Waals surface area contributed by atoms with Gasteiger partial charge in [0, 0.05) is 32.1 Å². The third kappa shape index (κ3) is 6.89. The number of carboxylic acid groups (broad SMARTS) is 1. The number of carbonyl (C=O) groups excluding carboxylic acids is 1. The van der Waals surface area contributed by atoms with Crippen LogP contribution in [0.2, 0.25) is 0 Å². The maximum absolute atomic E-state index is 12.9. The smallest absolute Gasteiger partial charge is 0.394 e. The molecule has 1 heterocycles. The lowest BCUT2D eigenvalue weighted by molar-refractivity contribution is -0.156. The standard InChI is InChI=1S/C34H36N2O5S/c1-42(40,41)36-22-19-29(20-23-36)32(24-35(33(37)34(38)39)21-18-25-8-3-2-4-9-25)28-16-14-27(15-17-28)31-13-7-11-26-10-5-6-12-30(26)31/h2-17,29,32H,18-24H2,1H3,(H,38,39). The Morgan fingerprint density at radius 3 is 2.19 bits per heavy atom. The highest BCUT2D eigenvalue weighted by Crippen LogP contribution is 2.36. The van der Waals surface area contributed by atoms with E-state index >= 15 is 0 Å². The minimum Gasteiger partial charge on any atom is -0.474 e. The zero-order valence-corrected chi connectivity index (χ0v) is 24.5. The predicted molar refractivity (Wildman–Crippen MR) is 166 cm³/mol. The second-order valence-electron chi connectivity index (χ2n) is 11.0. The van der Waals surface area contributed by atoms with Crippen LogP contribution in [0.15, 0.2) is 97.1 Å². The number of hydrogen-bond acceptors (Lipinski definition) is 4. The van der Waals surface area contributed by atoms with E-state index in [0.717, 1.165) is 33.0 Å². The molecule has 0 aliphatic carbocycles. The second kappa shape index (κ2) is 12.9. The first-order chi connectivity index (χ1) is 20.2. The zero-order chi connectivity index (χ0) is 29.7. The van der Waals surface area contributed by atoms with E-state index in [1.54, 1.807) is 0 Å². The number of aliphatic carboxylic acids is 1. The monoisotopic (exact) mass is 584 g/mol. The van der Waals surface area contributed by atoms with E-state index in [9.17, 15) is 23.1 Å². The van der Waals surface area contributed by atoms with Crippen molar-refractivity contribution < 1.29 is 23.1 Å². The Morgan fingerprint density at radius 2 is 1.52 bits per heavy atom. The second-order valence-corrected chi connectivity index (χ2v) is 13.0. The number of hydrogen-bond donors (Lipinski definition) is 1. The van der Waals surface area contributed by atoms with Gasteiger partial charge in [-0.05, 0) is 58.2 Å². The maximum atomic E-state index is 12.9. The van der Waals surface area contributed by atoms with Gasteiger partial charge in [-0.2, -0.15) is 0 Å². The molecule has 0 saturated carbocycles. The lowest BCUT2D eigenvalue weighted by atomic mass is 9.79. The van der Waals surface area contributed by atoms with Gasteiger partial charge >= 0.3 is 11.9 Å². The molecule has 1 aliphatic heterocycles. The van der Waals surface area contributed by atoms with Crippen LogP contribution in [-0.4, -0.2) is 67.0 Å².